The van der Waals surface area contributed by atoms with Crippen LogP contribution in [0.3, 0.4) is 0 Å². The molecule has 2 aromatic heterocycles. The minimum atomic E-state index is -0.250. The lowest BCUT2D eigenvalue weighted by Gasteiger charge is -1.99. The highest BCUT2D eigenvalue weighted by Gasteiger charge is 2.12. The normalized spacial score (nSPS) is 9.70. The van der Waals surface area contributed by atoms with Gasteiger partial charge in [0.05, 0.1) is 16.4 Å². The van der Waals surface area contributed by atoms with Crippen LogP contribution in [0, 0.1) is 18.8 Å². The molecule has 102 valence electrons. The number of carbonyl (C=O) groups excluding carboxylic acids is 1. The number of anilines is 1. The summed E-state index contributed by atoms with van der Waals surface area (Å²) in [5.74, 6) is 5.82. The van der Waals surface area contributed by atoms with Crippen molar-refractivity contribution < 1.29 is 9.90 Å². The number of nitrogens with one attached hydrogen (secondary N) is 1. The van der Waals surface area contributed by atoms with Gasteiger partial charge in [-0.25, -0.2) is 9.97 Å². The lowest BCUT2D eigenvalue weighted by Crippen LogP contribution is -2.12. The Morgan fingerprint density at radius 2 is 2.20 bits per heavy atom. The van der Waals surface area contributed by atoms with Crippen LogP contribution in [0.2, 0.25) is 0 Å². The summed E-state index contributed by atoms with van der Waals surface area (Å²) in [6, 6.07) is 3.46. The van der Waals surface area contributed by atoms with E-state index in [4.69, 9.17) is 5.11 Å². The highest BCUT2D eigenvalue weighted by atomic mass is 32.1. The monoisotopic (exact) mass is 287 g/mol. The fraction of sp³-hybridized carbons (Fsp3) is 0.214. The molecule has 0 fully saturated rings. The summed E-state index contributed by atoms with van der Waals surface area (Å²) >= 11 is 1.31. The van der Waals surface area contributed by atoms with Crippen LogP contribution in [-0.2, 0) is 0 Å². The molecule has 20 heavy (non-hydrogen) atoms. The Bertz CT molecular complexity index is 656. The molecule has 0 spiro atoms. The summed E-state index contributed by atoms with van der Waals surface area (Å²) in [4.78, 5) is 21.3. The highest BCUT2D eigenvalue weighted by molar-refractivity contribution is 7.14. The zero-order valence-corrected chi connectivity index (χ0v) is 11.7. The summed E-state index contributed by atoms with van der Waals surface area (Å²) in [6.07, 6.45) is 3.55. The molecule has 0 radical (unpaired) electrons. The van der Waals surface area contributed by atoms with E-state index in [0.29, 0.717) is 11.3 Å². The average molecular weight is 287 g/mol. The van der Waals surface area contributed by atoms with Crippen LogP contribution in [0.5, 0.6) is 0 Å². The van der Waals surface area contributed by atoms with Gasteiger partial charge in [-0.15, -0.1) is 11.3 Å². The number of hydrogen-bond acceptors (Lipinski definition) is 5. The van der Waals surface area contributed by atoms with E-state index in [1.807, 2.05) is 6.92 Å². The topological polar surface area (TPSA) is 75.1 Å². The molecular weight excluding hydrogens is 274 g/mol. The number of nitrogens with zero attached hydrogens (tertiary/aromatic N) is 2. The minimum absolute atomic E-state index is 0.0378. The van der Waals surface area contributed by atoms with E-state index < -0.39 is 0 Å². The van der Waals surface area contributed by atoms with Crippen LogP contribution >= 0.6 is 11.3 Å². The molecule has 6 heteroatoms. The van der Waals surface area contributed by atoms with Crippen molar-refractivity contribution in [3.63, 3.8) is 0 Å². The number of rotatable bonds is 3. The van der Waals surface area contributed by atoms with Crippen molar-refractivity contribution in [2.45, 2.75) is 13.3 Å². The molecule has 2 aromatic rings. The van der Waals surface area contributed by atoms with Gasteiger partial charge < -0.3 is 5.11 Å². The van der Waals surface area contributed by atoms with Crippen molar-refractivity contribution in [1.29, 1.82) is 0 Å². The van der Waals surface area contributed by atoms with Gasteiger partial charge in [-0.3, -0.25) is 10.1 Å². The second kappa shape index (κ2) is 6.80. The molecule has 0 unspecified atom stereocenters. The molecule has 0 aliphatic rings. The maximum atomic E-state index is 12.0. The van der Waals surface area contributed by atoms with Crippen molar-refractivity contribution in [2.24, 2.45) is 0 Å². The molecule has 5 nitrogen and oxygen atoms in total. The van der Waals surface area contributed by atoms with Gasteiger partial charge in [-0.1, -0.05) is 11.8 Å². The molecule has 0 aliphatic carbocycles. The first-order chi connectivity index (χ1) is 9.70. The highest BCUT2D eigenvalue weighted by Crippen LogP contribution is 2.21. The Labute approximate surface area is 120 Å². The first-order valence-corrected chi connectivity index (χ1v) is 6.81. The van der Waals surface area contributed by atoms with Gasteiger partial charge in [0.25, 0.3) is 5.91 Å². The van der Waals surface area contributed by atoms with Crippen LogP contribution in [-0.4, -0.2) is 27.6 Å². The smallest absolute Gasteiger partial charge is 0.268 e. The van der Waals surface area contributed by atoms with Gasteiger partial charge in [0.2, 0.25) is 5.95 Å². The molecule has 2 heterocycles. The Hall–Kier alpha value is -2.23. The lowest BCUT2D eigenvalue weighted by molar-refractivity contribution is 0.102. The van der Waals surface area contributed by atoms with Crippen LogP contribution in [0.25, 0.3) is 0 Å². The maximum Gasteiger partial charge on any atom is 0.268 e. The Kier molecular flexibility index (Phi) is 4.82. The lowest BCUT2D eigenvalue weighted by atomic mass is 10.2. The van der Waals surface area contributed by atoms with E-state index >= 15 is 0 Å². The minimum Gasteiger partial charge on any atom is -0.395 e. The van der Waals surface area contributed by atoms with Crippen molar-refractivity contribution in [2.75, 3.05) is 11.9 Å². The largest absolute Gasteiger partial charge is 0.395 e. The van der Waals surface area contributed by atoms with Gasteiger partial charge in [0, 0.05) is 18.8 Å². The number of thiophene rings is 1. The zero-order valence-electron chi connectivity index (χ0n) is 10.9. The number of aliphatic hydroxyl groups excluding tert-OH is 1. The van der Waals surface area contributed by atoms with Crippen molar-refractivity contribution in [3.8, 4) is 11.8 Å². The predicted molar refractivity (Wildman–Crippen MR) is 77.6 cm³/mol. The molecule has 1 amide bonds. The molecule has 0 atom stereocenters. The third-order valence-electron chi connectivity index (χ3n) is 2.37. The number of aromatic nitrogens is 2. The third kappa shape index (κ3) is 3.63. The fourth-order valence-corrected chi connectivity index (χ4v) is 2.39. The van der Waals surface area contributed by atoms with E-state index in [0.717, 1.165) is 10.4 Å². The number of hydrogen-bond donors (Lipinski definition) is 2. The van der Waals surface area contributed by atoms with Crippen LogP contribution < -0.4 is 5.32 Å². The first kappa shape index (κ1) is 14.2. The van der Waals surface area contributed by atoms with Crippen LogP contribution in [0.4, 0.5) is 5.95 Å². The number of aliphatic hydroxyl groups is 1. The summed E-state index contributed by atoms with van der Waals surface area (Å²) in [5.41, 5.74) is 0.944. The molecule has 2 rings (SSSR count). The van der Waals surface area contributed by atoms with Crippen molar-refractivity contribution in [3.05, 3.63) is 39.8 Å². The van der Waals surface area contributed by atoms with E-state index in [1.54, 1.807) is 24.5 Å². The number of carbonyl (C=O) groups is 1. The van der Waals surface area contributed by atoms with E-state index in [1.165, 1.54) is 11.3 Å². The molecule has 0 saturated carbocycles. The molecule has 2 N–H and O–H groups in total. The second-order valence-corrected chi connectivity index (χ2v) is 4.98. The fourth-order valence-electron chi connectivity index (χ4n) is 1.44. The van der Waals surface area contributed by atoms with Gasteiger partial charge >= 0.3 is 0 Å². The van der Waals surface area contributed by atoms with E-state index in [9.17, 15) is 4.79 Å². The second-order valence-electron chi connectivity index (χ2n) is 3.92. The van der Waals surface area contributed by atoms with Crippen molar-refractivity contribution >= 4 is 23.2 Å². The third-order valence-corrected chi connectivity index (χ3v) is 3.52. The van der Waals surface area contributed by atoms with Crippen LogP contribution in [0.15, 0.2) is 24.5 Å². The SMILES string of the molecule is Cc1cc(C(=O)Nc2ncccn2)sc1C#CCCO. The molecule has 0 bridgehead atoms. The Morgan fingerprint density at radius 3 is 2.90 bits per heavy atom. The summed E-state index contributed by atoms with van der Waals surface area (Å²) in [6.45, 7) is 1.94. The maximum absolute atomic E-state index is 12.0. The van der Waals surface area contributed by atoms with E-state index in [-0.39, 0.29) is 18.5 Å². The summed E-state index contributed by atoms with van der Waals surface area (Å²) < 4.78 is 0. The standard InChI is InChI=1S/C14H13N3O2S/c1-10-9-12(20-11(10)5-2-3-8-18)13(19)17-14-15-6-4-7-16-14/h4,6-7,9,18H,3,8H2,1H3,(H,15,16,17,19). The molecular formula is C14H13N3O2S. The molecule has 0 saturated heterocycles. The number of amides is 1. The zero-order chi connectivity index (χ0) is 14.4. The summed E-state index contributed by atoms with van der Waals surface area (Å²) in [5, 5.41) is 11.3. The van der Waals surface area contributed by atoms with Gasteiger partial charge in [0.1, 0.15) is 0 Å². The number of aryl methyl sites for hydroxylation is 1. The molecule has 0 aromatic carbocycles. The van der Waals surface area contributed by atoms with Gasteiger partial charge in [-0.2, -0.15) is 0 Å². The quantitative estimate of drug-likeness (QED) is 0.845. The predicted octanol–water partition coefficient (Wildman–Crippen LogP) is 1.83. The van der Waals surface area contributed by atoms with Gasteiger partial charge in [0.15, 0.2) is 0 Å². The average Bonchev–Trinajstić information content (AvgIpc) is 2.82. The van der Waals surface area contributed by atoms with Gasteiger partial charge in [-0.05, 0) is 24.6 Å². The summed E-state index contributed by atoms with van der Waals surface area (Å²) in [7, 11) is 0. The Balaban J connectivity index is 2.12. The first-order valence-electron chi connectivity index (χ1n) is 5.99. The van der Waals surface area contributed by atoms with Crippen molar-refractivity contribution in [1.82, 2.24) is 9.97 Å². The molecule has 0 aliphatic heterocycles. The van der Waals surface area contributed by atoms with E-state index in [2.05, 4.69) is 27.1 Å². The Morgan fingerprint density at radius 1 is 1.45 bits per heavy atom. The van der Waals surface area contributed by atoms with Crippen LogP contribution in [0.1, 0.15) is 26.5 Å².